The summed E-state index contributed by atoms with van der Waals surface area (Å²) in [5, 5.41) is 3.39. The summed E-state index contributed by atoms with van der Waals surface area (Å²) in [7, 11) is 0. The minimum atomic E-state index is -4.37. The molecule has 0 aliphatic carbocycles. The maximum atomic E-state index is 13.4. The molecule has 1 aromatic carbocycles. The first-order valence-electron chi connectivity index (χ1n) is 10.8. The van der Waals surface area contributed by atoms with Gasteiger partial charge in [-0.3, -0.25) is 9.30 Å². The molecule has 0 bridgehead atoms. The molecule has 3 heterocycles. The number of benzene rings is 1. The standard InChI is InChI=1S/C23H28F3N5/c1-4-5-6-11-30-13-18-20(14-30)31-12-10-27-22(31)29-21(18)28-16(3)17-8-7-9-19(15(17)2)23(24,25)26/h7-10,12,16H,4-6,11,13-14H2,1-3H3,(H,27,28,29)/t16-/m1/s1. The molecule has 0 radical (unpaired) electrons. The van der Waals surface area contributed by atoms with Crippen LogP contribution in [0.25, 0.3) is 5.78 Å². The van der Waals surface area contributed by atoms with Gasteiger partial charge in [0.05, 0.1) is 11.6 Å². The zero-order valence-corrected chi connectivity index (χ0v) is 18.1. The van der Waals surface area contributed by atoms with Crippen LogP contribution in [-0.2, 0) is 19.3 Å². The third-order valence-corrected chi connectivity index (χ3v) is 6.09. The highest BCUT2D eigenvalue weighted by atomic mass is 19.4. The van der Waals surface area contributed by atoms with Gasteiger partial charge in [0.15, 0.2) is 0 Å². The second-order valence-corrected chi connectivity index (χ2v) is 8.28. The average Bonchev–Trinajstić information content (AvgIpc) is 3.34. The van der Waals surface area contributed by atoms with Gasteiger partial charge in [-0.25, -0.2) is 4.98 Å². The molecule has 5 nitrogen and oxygen atoms in total. The van der Waals surface area contributed by atoms with Crippen LogP contribution < -0.4 is 5.32 Å². The summed E-state index contributed by atoms with van der Waals surface area (Å²) in [4.78, 5) is 11.4. The van der Waals surface area contributed by atoms with Crippen LogP contribution in [0.3, 0.4) is 0 Å². The average molecular weight is 432 g/mol. The lowest BCUT2D eigenvalue weighted by atomic mass is 9.97. The summed E-state index contributed by atoms with van der Waals surface area (Å²) in [6.07, 6.45) is 2.80. The van der Waals surface area contributed by atoms with Crippen molar-refractivity contribution in [2.45, 2.75) is 65.3 Å². The van der Waals surface area contributed by atoms with Crippen LogP contribution in [0.5, 0.6) is 0 Å². The number of hydrogen-bond donors (Lipinski definition) is 1. The molecule has 0 unspecified atom stereocenters. The number of fused-ring (bicyclic) bond motifs is 3. The maximum Gasteiger partial charge on any atom is 0.416 e. The Kier molecular flexibility index (Phi) is 5.92. The van der Waals surface area contributed by atoms with Crippen LogP contribution in [0.4, 0.5) is 19.0 Å². The molecule has 8 heteroatoms. The Morgan fingerprint density at radius 1 is 1.19 bits per heavy atom. The number of nitrogens with one attached hydrogen (secondary N) is 1. The van der Waals surface area contributed by atoms with E-state index in [9.17, 15) is 13.2 Å². The molecule has 0 saturated carbocycles. The van der Waals surface area contributed by atoms with Crippen LogP contribution >= 0.6 is 0 Å². The number of rotatable bonds is 7. The van der Waals surface area contributed by atoms with E-state index in [0.29, 0.717) is 17.2 Å². The van der Waals surface area contributed by atoms with Gasteiger partial charge in [-0.05, 0) is 44.0 Å². The highest BCUT2D eigenvalue weighted by Gasteiger charge is 2.33. The summed E-state index contributed by atoms with van der Waals surface area (Å²) in [5.41, 5.74) is 2.51. The molecule has 0 spiro atoms. The molecule has 4 rings (SSSR count). The molecule has 1 N–H and O–H groups in total. The lowest BCUT2D eigenvalue weighted by Crippen LogP contribution is -2.18. The van der Waals surface area contributed by atoms with E-state index in [1.54, 1.807) is 12.3 Å². The summed E-state index contributed by atoms with van der Waals surface area (Å²) < 4.78 is 42.1. The van der Waals surface area contributed by atoms with Crippen molar-refractivity contribution in [3.05, 3.63) is 58.5 Å². The summed E-state index contributed by atoms with van der Waals surface area (Å²) >= 11 is 0. The molecule has 0 saturated heterocycles. The quantitative estimate of drug-likeness (QED) is 0.485. The maximum absolute atomic E-state index is 13.4. The van der Waals surface area contributed by atoms with Crippen LogP contribution in [-0.4, -0.2) is 25.8 Å². The second-order valence-electron chi connectivity index (χ2n) is 8.28. The molecule has 1 aliphatic heterocycles. The third-order valence-electron chi connectivity index (χ3n) is 6.09. The van der Waals surface area contributed by atoms with Gasteiger partial charge in [0.2, 0.25) is 5.78 Å². The first-order valence-corrected chi connectivity index (χ1v) is 10.8. The molecule has 1 atom stereocenters. The number of unbranched alkanes of at least 4 members (excludes halogenated alkanes) is 2. The molecule has 1 aliphatic rings. The van der Waals surface area contributed by atoms with Crippen LogP contribution in [0.2, 0.25) is 0 Å². The third kappa shape index (κ3) is 4.26. The van der Waals surface area contributed by atoms with Crippen molar-refractivity contribution in [1.82, 2.24) is 19.3 Å². The Morgan fingerprint density at radius 3 is 2.74 bits per heavy atom. The first kappa shape index (κ1) is 21.6. The van der Waals surface area contributed by atoms with E-state index >= 15 is 0 Å². The fraction of sp³-hybridized carbons (Fsp3) is 0.478. The second kappa shape index (κ2) is 8.49. The van der Waals surface area contributed by atoms with Crippen LogP contribution in [0, 0.1) is 6.92 Å². The Hall–Kier alpha value is -2.61. The van der Waals surface area contributed by atoms with E-state index in [1.165, 1.54) is 25.8 Å². The zero-order valence-electron chi connectivity index (χ0n) is 18.1. The van der Waals surface area contributed by atoms with Crippen molar-refractivity contribution >= 4 is 11.6 Å². The van der Waals surface area contributed by atoms with E-state index < -0.39 is 11.7 Å². The minimum absolute atomic E-state index is 0.245. The van der Waals surface area contributed by atoms with Gasteiger partial charge in [0.25, 0.3) is 0 Å². The van der Waals surface area contributed by atoms with Crippen LogP contribution in [0.15, 0.2) is 30.6 Å². The number of hydrogen-bond acceptors (Lipinski definition) is 4. The van der Waals surface area contributed by atoms with Crippen LogP contribution in [0.1, 0.15) is 67.1 Å². The molecular formula is C23H28F3N5. The van der Waals surface area contributed by atoms with E-state index in [1.807, 2.05) is 17.5 Å². The molecule has 0 amide bonds. The topological polar surface area (TPSA) is 45.5 Å². The lowest BCUT2D eigenvalue weighted by molar-refractivity contribution is -0.138. The van der Waals surface area contributed by atoms with E-state index in [2.05, 4.69) is 22.1 Å². The Bertz CT molecular complexity index is 1070. The fourth-order valence-electron chi connectivity index (χ4n) is 4.44. The normalized spacial score (nSPS) is 15.4. The monoisotopic (exact) mass is 431 g/mol. The zero-order chi connectivity index (χ0) is 22.2. The summed E-state index contributed by atoms with van der Waals surface area (Å²) in [5.74, 6) is 1.31. The van der Waals surface area contributed by atoms with Crippen molar-refractivity contribution in [2.75, 3.05) is 11.9 Å². The number of anilines is 1. The van der Waals surface area contributed by atoms with Gasteiger partial charge in [-0.1, -0.05) is 31.9 Å². The molecule has 166 valence electrons. The fourth-order valence-corrected chi connectivity index (χ4v) is 4.44. The van der Waals surface area contributed by atoms with E-state index in [0.717, 1.165) is 43.4 Å². The van der Waals surface area contributed by atoms with Gasteiger partial charge < -0.3 is 5.32 Å². The summed E-state index contributed by atoms with van der Waals surface area (Å²) in [6.45, 7) is 8.20. The van der Waals surface area contributed by atoms with Crippen molar-refractivity contribution in [2.24, 2.45) is 0 Å². The minimum Gasteiger partial charge on any atom is -0.363 e. The van der Waals surface area contributed by atoms with Gasteiger partial charge >= 0.3 is 6.18 Å². The van der Waals surface area contributed by atoms with Crippen molar-refractivity contribution in [3.63, 3.8) is 0 Å². The van der Waals surface area contributed by atoms with Gasteiger partial charge in [0.1, 0.15) is 5.82 Å². The predicted octanol–water partition coefficient (Wildman–Crippen LogP) is 5.74. The summed E-state index contributed by atoms with van der Waals surface area (Å²) in [6, 6.07) is 4.01. The molecule has 31 heavy (non-hydrogen) atoms. The van der Waals surface area contributed by atoms with Gasteiger partial charge in [0, 0.05) is 36.7 Å². The van der Waals surface area contributed by atoms with Crippen molar-refractivity contribution in [1.29, 1.82) is 0 Å². The van der Waals surface area contributed by atoms with Crippen molar-refractivity contribution in [3.8, 4) is 0 Å². The smallest absolute Gasteiger partial charge is 0.363 e. The Morgan fingerprint density at radius 2 is 2.00 bits per heavy atom. The Balaban J connectivity index is 1.64. The Labute approximate surface area is 180 Å². The highest BCUT2D eigenvalue weighted by molar-refractivity contribution is 5.55. The highest BCUT2D eigenvalue weighted by Crippen LogP contribution is 2.36. The lowest BCUT2D eigenvalue weighted by Gasteiger charge is -2.21. The first-order chi connectivity index (χ1) is 14.8. The predicted molar refractivity (Wildman–Crippen MR) is 115 cm³/mol. The largest absolute Gasteiger partial charge is 0.416 e. The van der Waals surface area contributed by atoms with Gasteiger partial charge in [-0.15, -0.1) is 0 Å². The number of nitrogens with zero attached hydrogens (tertiary/aromatic N) is 4. The van der Waals surface area contributed by atoms with E-state index in [-0.39, 0.29) is 11.6 Å². The SMILES string of the molecule is CCCCCN1Cc2c(N[C@H](C)c3cccc(C(F)(F)F)c3C)nc3nccn3c2C1. The molecule has 0 fully saturated rings. The number of imidazole rings is 1. The van der Waals surface area contributed by atoms with Crippen molar-refractivity contribution < 1.29 is 13.2 Å². The van der Waals surface area contributed by atoms with E-state index in [4.69, 9.17) is 4.98 Å². The number of aromatic nitrogens is 3. The molecular weight excluding hydrogens is 403 g/mol. The number of alkyl halides is 3. The molecule has 3 aromatic rings. The van der Waals surface area contributed by atoms with Gasteiger partial charge in [-0.2, -0.15) is 18.2 Å². The molecule has 2 aromatic heterocycles. The number of halogens is 3.